The molecule has 6 heteroatoms. The lowest BCUT2D eigenvalue weighted by Crippen LogP contribution is -2.07. The van der Waals surface area contributed by atoms with E-state index in [4.69, 9.17) is 14.4 Å². The first-order valence-electron chi connectivity index (χ1n) is 25.9. The van der Waals surface area contributed by atoms with Gasteiger partial charge >= 0.3 is 5.84 Å². The predicted octanol–water partition coefficient (Wildman–Crippen LogP) is 17.6. The second-order valence-corrected chi connectivity index (χ2v) is 19.3. The van der Waals surface area contributed by atoms with Gasteiger partial charge in [-0.05, 0) is 140 Å². The summed E-state index contributed by atoms with van der Waals surface area (Å²) in [6.45, 7) is 0. The van der Waals surface area contributed by atoms with Gasteiger partial charge in [-0.25, -0.2) is 4.98 Å². The Morgan fingerprint density at radius 2 is 0.877 bits per heavy atom. The van der Waals surface area contributed by atoms with Crippen LogP contribution in [0.25, 0.3) is 128 Å². The zero-order valence-electron chi connectivity index (χ0n) is 40.9. The summed E-state index contributed by atoms with van der Waals surface area (Å²) in [4.78, 5) is 10.5. The zero-order chi connectivity index (χ0) is 48.9. The smallest absolute Gasteiger partial charge is 0.307 e. The molecule has 4 heterocycles. The summed E-state index contributed by atoms with van der Waals surface area (Å²) in [6.07, 6.45) is 3.33. The molecular weight excluding hydrogens is 891 g/mol. The maximum atomic E-state index is 10.8. The van der Waals surface area contributed by atoms with Gasteiger partial charge in [-0.1, -0.05) is 189 Å². The van der Waals surface area contributed by atoms with Crippen LogP contribution in [0.3, 0.4) is 0 Å². The molecule has 0 N–H and O–H groups in total. The van der Waals surface area contributed by atoms with Gasteiger partial charge in [0.25, 0.3) is 0 Å². The van der Waals surface area contributed by atoms with E-state index < -0.39 is 5.89 Å². The highest BCUT2D eigenvalue weighted by Gasteiger charge is 2.32. The topological polar surface area (TPSA) is 52.7 Å². The summed E-state index contributed by atoms with van der Waals surface area (Å²) in [5, 5.41) is 0. The molecule has 14 aromatic rings. The average Bonchev–Trinajstić information content (AvgIpc) is 4.30. The first kappa shape index (κ1) is 40.5. The van der Waals surface area contributed by atoms with E-state index in [1.165, 1.54) is 0 Å². The second-order valence-electron chi connectivity index (χ2n) is 19.3. The lowest BCUT2D eigenvalue weighted by Gasteiger charge is -2.25. The van der Waals surface area contributed by atoms with Crippen LogP contribution in [-0.4, -0.2) is 23.3 Å². The molecule has 1 saturated carbocycles. The molecule has 4 aromatic heterocycles. The normalized spacial score (nSPS) is 13.8. The molecule has 73 heavy (non-hydrogen) atoms. The first-order chi connectivity index (χ1) is 36.6. The van der Waals surface area contributed by atoms with Crippen molar-refractivity contribution in [2.75, 3.05) is 0 Å². The highest BCUT2D eigenvalue weighted by Crippen LogP contribution is 2.53. The molecule has 1 fully saturated rings. The Morgan fingerprint density at radius 1 is 0.397 bits per heavy atom. The monoisotopic (exact) mass is 938 g/mol. The number of fused-ring (bicyclic) bond motifs is 10. The van der Waals surface area contributed by atoms with Gasteiger partial charge in [0, 0.05) is 6.93 Å². The van der Waals surface area contributed by atoms with Crippen LogP contribution in [0, 0.1) is 0 Å². The van der Waals surface area contributed by atoms with Crippen molar-refractivity contribution >= 4 is 55.8 Å². The lowest BCUT2D eigenvalue weighted by atomic mass is 9.78. The average molecular weight is 939 g/mol. The van der Waals surface area contributed by atoms with Crippen molar-refractivity contribution in [1.29, 1.82) is 0 Å². The van der Waals surface area contributed by atoms with E-state index in [-0.39, 0.29) is 0 Å². The quantitative estimate of drug-likeness (QED) is 0.153. The Morgan fingerprint density at radius 3 is 1.48 bits per heavy atom. The predicted molar refractivity (Wildman–Crippen MR) is 299 cm³/mol. The Bertz CT molecular complexity index is 4390. The molecular formula is C67H47N5O. The number of rotatable bonds is 8. The van der Waals surface area contributed by atoms with E-state index in [9.17, 15) is 1.37 Å². The summed E-state index contributed by atoms with van der Waals surface area (Å²) in [5.74, 6) is 0.357. The summed E-state index contributed by atoms with van der Waals surface area (Å²) in [6, 6.07) is 82.3. The summed E-state index contributed by atoms with van der Waals surface area (Å²) < 4.78 is 24.8. The van der Waals surface area contributed by atoms with E-state index in [2.05, 4.69) is 232 Å². The van der Waals surface area contributed by atoms with Crippen molar-refractivity contribution in [2.24, 2.45) is 0 Å². The van der Waals surface area contributed by atoms with Crippen molar-refractivity contribution in [3.05, 3.63) is 236 Å². The third kappa shape index (κ3) is 6.50. The van der Waals surface area contributed by atoms with E-state index in [1.807, 2.05) is 12.1 Å². The summed E-state index contributed by atoms with van der Waals surface area (Å²) in [5.41, 5.74) is 22.5. The number of aromatic nitrogens is 5. The van der Waals surface area contributed by atoms with Crippen LogP contribution in [0.1, 0.15) is 38.5 Å². The van der Waals surface area contributed by atoms with Crippen molar-refractivity contribution in [3.8, 4) is 72.4 Å². The number of para-hydroxylation sites is 6. The van der Waals surface area contributed by atoms with Crippen molar-refractivity contribution in [1.82, 2.24) is 23.3 Å². The number of oxazole rings is 1. The molecule has 0 unspecified atom stereocenters. The third-order valence-electron chi connectivity index (χ3n) is 15.2. The van der Waals surface area contributed by atoms with E-state index >= 15 is 0 Å². The summed E-state index contributed by atoms with van der Waals surface area (Å²) in [7, 11) is 0. The molecule has 0 radical (unpaired) electrons. The maximum Gasteiger partial charge on any atom is 0.307 e. The molecule has 0 bridgehead atoms. The number of imidazole rings is 3. The molecule has 0 aliphatic heterocycles. The molecule has 15 rings (SSSR count). The molecule has 0 saturated heterocycles. The third-order valence-corrected chi connectivity index (χ3v) is 15.2. The van der Waals surface area contributed by atoms with Crippen molar-refractivity contribution < 1.29 is 5.79 Å². The number of nitrogens with zero attached hydrogens (tertiary/aromatic N) is 5. The second kappa shape index (κ2) is 16.7. The van der Waals surface area contributed by atoms with Crippen LogP contribution in [0.2, 0.25) is 0 Å². The van der Waals surface area contributed by atoms with E-state index in [0.29, 0.717) is 24.3 Å². The largest absolute Gasteiger partial charge is 0.422 e. The molecule has 1 aliphatic rings. The maximum absolute atomic E-state index is 10.8. The number of hydrogen-bond donors (Lipinski definition) is 0. The first-order valence-corrected chi connectivity index (χ1v) is 25.4. The van der Waals surface area contributed by atoms with Gasteiger partial charge in [0.05, 0.1) is 44.3 Å². The fraction of sp³-hybridized carbons (Fsp3) is 0.0746. The minimum atomic E-state index is -0.960. The Labute approximate surface area is 423 Å². The van der Waals surface area contributed by atoms with Crippen LogP contribution in [-0.2, 0) is 0 Å². The van der Waals surface area contributed by atoms with Gasteiger partial charge in [0.15, 0.2) is 5.58 Å². The Hall–Kier alpha value is -9.26. The van der Waals surface area contributed by atoms with Gasteiger partial charge in [0.2, 0.25) is 5.78 Å². The zero-order valence-corrected chi connectivity index (χ0v) is 39.9. The van der Waals surface area contributed by atoms with Crippen molar-refractivity contribution in [3.63, 3.8) is 0 Å². The molecule has 0 atom stereocenters. The highest BCUT2D eigenvalue weighted by molar-refractivity contribution is 6.09. The van der Waals surface area contributed by atoms with Gasteiger partial charge in [-0.2, -0.15) is 4.98 Å². The van der Waals surface area contributed by atoms with Crippen LogP contribution in [0.4, 0.5) is 0 Å². The van der Waals surface area contributed by atoms with Gasteiger partial charge in [0.1, 0.15) is 0 Å². The molecule has 6 nitrogen and oxygen atoms in total. The van der Waals surface area contributed by atoms with Crippen LogP contribution >= 0.6 is 0 Å². The highest BCUT2D eigenvalue weighted by atomic mass is 16.4. The Balaban J connectivity index is 1.11. The standard InChI is InChI=1S/C67H47N5O/c1-5-22-43(23-6-1)50-41-51(44-24-7-2-8-25-44)61(46-28-11-4-12-29-46)63(60(50)45-26-9-3-10-27-45)48-32-21-33-49(40-48)64-62(47-30-13-14-31-47)58(42-59-65(64)73-67-69-53-35-16-18-37-55(53)72(59)67)71-57-39-20-19-38-56(57)70-54-36-17-15-34-52(54)68-66(70)71/h1-12,15-29,32-42,47H,13-14,30-31H2/i47D. The SMILES string of the molecule is [2H]C1(c2c(-n3c4ccccc4n4c5ccccc5nc34)cc3c(oc4nc5ccccc5n43)c2-c2cccc(-c3c(-c4ccccc4)c(-c4ccccc4)cc(-c4ccccc4)c3-c3ccccc3)c2)CCCC1. The van der Waals surface area contributed by atoms with Gasteiger partial charge in [-0.15, -0.1) is 0 Å². The van der Waals surface area contributed by atoms with E-state index in [1.54, 1.807) is 0 Å². The number of hydrogen-bond acceptors (Lipinski definition) is 3. The lowest BCUT2D eigenvalue weighted by molar-refractivity contribution is 0.641. The number of benzene rings is 10. The van der Waals surface area contributed by atoms with Crippen LogP contribution in [0.5, 0.6) is 0 Å². The van der Waals surface area contributed by atoms with Crippen LogP contribution in [0.15, 0.2) is 235 Å². The molecule has 346 valence electrons. The molecule has 1 aliphatic carbocycles. The molecule has 0 spiro atoms. The van der Waals surface area contributed by atoms with Gasteiger partial charge in [-0.3, -0.25) is 13.4 Å². The summed E-state index contributed by atoms with van der Waals surface area (Å²) >= 11 is 0. The fourth-order valence-corrected chi connectivity index (χ4v) is 12.1. The van der Waals surface area contributed by atoms with Crippen LogP contribution < -0.4 is 0 Å². The minimum absolute atomic E-state index is 0.516. The molecule has 10 aromatic carbocycles. The van der Waals surface area contributed by atoms with Crippen molar-refractivity contribution in [2.45, 2.75) is 31.6 Å². The Kier molecular flexibility index (Phi) is 9.25. The fourth-order valence-electron chi connectivity index (χ4n) is 12.1. The molecule has 0 amide bonds. The van der Waals surface area contributed by atoms with E-state index in [0.717, 1.165) is 135 Å². The van der Waals surface area contributed by atoms with Gasteiger partial charge < -0.3 is 4.42 Å². The minimum Gasteiger partial charge on any atom is -0.422 e.